The fourth-order valence-electron chi connectivity index (χ4n) is 8.90. The van der Waals surface area contributed by atoms with Gasteiger partial charge in [0.1, 0.15) is 0 Å². The topological polar surface area (TPSA) is 66.8 Å². The van der Waals surface area contributed by atoms with Crippen LogP contribution in [0, 0.1) is 46.3 Å². The van der Waals surface area contributed by atoms with Crippen LogP contribution in [0.3, 0.4) is 0 Å². The molecule has 29 heavy (non-hydrogen) atoms. The van der Waals surface area contributed by atoms with Crippen LogP contribution in [0.4, 0.5) is 0 Å². The molecule has 0 aromatic carbocycles. The van der Waals surface area contributed by atoms with E-state index in [1.165, 1.54) is 32.8 Å². The summed E-state index contributed by atoms with van der Waals surface area (Å²) in [6.07, 6.45) is 9.77. The predicted molar refractivity (Wildman–Crippen MR) is 113 cm³/mol. The number of esters is 1. The molecule has 4 fully saturated rings. The van der Waals surface area contributed by atoms with Crippen molar-refractivity contribution < 1.29 is 19.7 Å². The Labute approximate surface area is 176 Å². The number of methoxy groups -OCH3 is 1. The van der Waals surface area contributed by atoms with Crippen LogP contribution >= 0.6 is 0 Å². The van der Waals surface area contributed by atoms with Crippen molar-refractivity contribution in [1.82, 2.24) is 0 Å². The van der Waals surface area contributed by atoms with Crippen molar-refractivity contribution in [2.45, 2.75) is 97.2 Å². The van der Waals surface area contributed by atoms with Crippen molar-refractivity contribution in [3.63, 3.8) is 0 Å². The summed E-state index contributed by atoms with van der Waals surface area (Å²) >= 11 is 0. The van der Waals surface area contributed by atoms with E-state index in [1.54, 1.807) is 0 Å². The highest BCUT2D eigenvalue weighted by Gasteiger charge is 2.62. The number of ether oxygens (including phenoxy) is 1. The van der Waals surface area contributed by atoms with Crippen LogP contribution in [0.5, 0.6) is 0 Å². The molecule has 4 saturated carbocycles. The van der Waals surface area contributed by atoms with E-state index in [0.29, 0.717) is 41.4 Å². The lowest BCUT2D eigenvalue weighted by Crippen LogP contribution is -2.58. The Morgan fingerprint density at radius 2 is 1.69 bits per heavy atom. The van der Waals surface area contributed by atoms with Crippen LogP contribution in [-0.2, 0) is 9.53 Å². The smallest absolute Gasteiger partial charge is 0.305 e. The minimum absolute atomic E-state index is 0.0888. The van der Waals surface area contributed by atoms with Gasteiger partial charge in [-0.25, -0.2) is 0 Å². The van der Waals surface area contributed by atoms with Crippen molar-refractivity contribution in [3.8, 4) is 0 Å². The first-order valence-electron chi connectivity index (χ1n) is 12.1. The van der Waals surface area contributed by atoms with Crippen molar-refractivity contribution in [1.29, 1.82) is 0 Å². The largest absolute Gasteiger partial charge is 0.469 e. The third-order valence-corrected chi connectivity index (χ3v) is 10.4. The van der Waals surface area contributed by atoms with Gasteiger partial charge >= 0.3 is 5.97 Å². The minimum atomic E-state index is -0.255. The summed E-state index contributed by atoms with van der Waals surface area (Å²) in [4.78, 5) is 11.6. The maximum atomic E-state index is 11.6. The average molecular weight is 407 g/mol. The molecule has 0 aromatic rings. The molecule has 2 N–H and O–H groups in total. The molecule has 0 bridgehead atoms. The molecule has 4 rings (SSSR count). The molecule has 10 atom stereocenters. The monoisotopic (exact) mass is 406 g/mol. The molecular weight excluding hydrogens is 364 g/mol. The van der Waals surface area contributed by atoms with Gasteiger partial charge in [-0.2, -0.15) is 0 Å². The van der Waals surface area contributed by atoms with E-state index in [9.17, 15) is 15.0 Å². The quantitative estimate of drug-likeness (QED) is 0.671. The molecule has 4 nitrogen and oxygen atoms in total. The predicted octanol–water partition coefficient (Wildman–Crippen LogP) is 4.57. The zero-order chi connectivity index (χ0) is 21.0. The molecule has 0 heterocycles. The first-order chi connectivity index (χ1) is 13.7. The number of hydrogen-bond donors (Lipinski definition) is 2. The summed E-state index contributed by atoms with van der Waals surface area (Å²) in [5.74, 6) is 3.42. The second-order valence-corrected chi connectivity index (χ2v) is 11.5. The van der Waals surface area contributed by atoms with Gasteiger partial charge in [0.25, 0.3) is 0 Å². The van der Waals surface area contributed by atoms with E-state index >= 15 is 0 Å². The third kappa shape index (κ3) is 3.46. The number of carbonyl (C=O) groups excluding carboxylic acids is 1. The summed E-state index contributed by atoms with van der Waals surface area (Å²) in [7, 11) is 1.48. The molecule has 0 radical (unpaired) electrons. The Morgan fingerprint density at radius 1 is 1.00 bits per heavy atom. The van der Waals surface area contributed by atoms with E-state index in [4.69, 9.17) is 4.74 Å². The SMILES string of the molecule is COC(=O)CC[C@@H](C)[C@H]1CC[C@H]2[C@@H]3CC(O)C4C[C@@H](O)CC[C@]4(C)[C@H]3CC[C@]12C. The van der Waals surface area contributed by atoms with Crippen LogP contribution in [0.15, 0.2) is 0 Å². The van der Waals surface area contributed by atoms with Gasteiger partial charge in [-0.3, -0.25) is 4.79 Å². The van der Waals surface area contributed by atoms with E-state index in [0.717, 1.165) is 32.1 Å². The van der Waals surface area contributed by atoms with Gasteiger partial charge in [-0.1, -0.05) is 20.8 Å². The number of aliphatic hydroxyl groups excluding tert-OH is 2. The lowest BCUT2D eigenvalue weighted by molar-refractivity contribution is -0.172. The van der Waals surface area contributed by atoms with Gasteiger partial charge in [0.15, 0.2) is 0 Å². The van der Waals surface area contributed by atoms with E-state index < -0.39 is 0 Å². The molecule has 0 aliphatic heterocycles. The molecule has 2 unspecified atom stereocenters. The Kier molecular flexibility index (Phi) is 5.83. The summed E-state index contributed by atoms with van der Waals surface area (Å²) in [6, 6.07) is 0. The number of fused-ring (bicyclic) bond motifs is 5. The normalized spacial score (nSPS) is 50.2. The molecule has 4 heteroatoms. The Balaban J connectivity index is 1.52. The molecule has 0 aromatic heterocycles. The molecular formula is C25H42O4. The van der Waals surface area contributed by atoms with Crippen molar-refractivity contribution in [2.75, 3.05) is 7.11 Å². The average Bonchev–Trinajstić information content (AvgIpc) is 3.05. The fraction of sp³-hybridized carbons (Fsp3) is 0.960. The number of aliphatic hydroxyl groups is 2. The zero-order valence-electron chi connectivity index (χ0n) is 18.9. The molecule has 4 aliphatic rings. The van der Waals surface area contributed by atoms with Crippen molar-refractivity contribution >= 4 is 5.97 Å². The molecule has 0 spiro atoms. The lowest BCUT2D eigenvalue weighted by atomic mass is 9.44. The lowest BCUT2D eigenvalue weighted by Gasteiger charge is -2.62. The van der Waals surface area contributed by atoms with Gasteiger partial charge < -0.3 is 14.9 Å². The van der Waals surface area contributed by atoms with Gasteiger partial charge in [0.2, 0.25) is 0 Å². The molecule has 166 valence electrons. The summed E-state index contributed by atoms with van der Waals surface area (Å²) < 4.78 is 4.86. The van der Waals surface area contributed by atoms with Crippen LogP contribution in [0.1, 0.15) is 85.0 Å². The highest BCUT2D eigenvalue weighted by molar-refractivity contribution is 5.69. The standard InChI is InChI=1S/C25H42O4/c1-15(5-8-23(28)29-4)18-6-7-19-17-14-22(27)21-13-16(26)9-11-25(21,3)20(17)10-12-24(18,19)2/h15-22,26-27H,5-14H2,1-4H3/t15-,16+,17+,18-,19+,20+,21?,22?,24-,25-/m1/s1. The highest BCUT2D eigenvalue weighted by atomic mass is 16.5. The van der Waals surface area contributed by atoms with E-state index in [2.05, 4.69) is 20.8 Å². The van der Waals surface area contributed by atoms with Gasteiger partial charge in [0, 0.05) is 6.42 Å². The van der Waals surface area contributed by atoms with Gasteiger partial charge in [-0.05, 0) is 104 Å². The van der Waals surface area contributed by atoms with Crippen LogP contribution < -0.4 is 0 Å². The molecule has 4 aliphatic carbocycles. The van der Waals surface area contributed by atoms with Gasteiger partial charge in [0.05, 0.1) is 19.3 Å². The van der Waals surface area contributed by atoms with Gasteiger partial charge in [-0.15, -0.1) is 0 Å². The van der Waals surface area contributed by atoms with Crippen LogP contribution in [0.2, 0.25) is 0 Å². The van der Waals surface area contributed by atoms with E-state index in [1.807, 2.05) is 0 Å². The second kappa shape index (κ2) is 7.82. The van der Waals surface area contributed by atoms with E-state index in [-0.39, 0.29) is 29.5 Å². The number of hydrogen-bond acceptors (Lipinski definition) is 4. The summed E-state index contributed by atoms with van der Waals surface area (Å²) in [5.41, 5.74) is 0.533. The highest BCUT2D eigenvalue weighted by Crippen LogP contribution is 2.68. The third-order valence-electron chi connectivity index (χ3n) is 10.4. The first kappa shape index (κ1) is 21.6. The summed E-state index contributed by atoms with van der Waals surface area (Å²) in [5, 5.41) is 21.3. The Hall–Kier alpha value is -0.610. The maximum absolute atomic E-state index is 11.6. The van der Waals surface area contributed by atoms with Crippen molar-refractivity contribution in [2.24, 2.45) is 46.3 Å². The first-order valence-corrected chi connectivity index (χ1v) is 12.1. The van der Waals surface area contributed by atoms with Crippen molar-refractivity contribution in [3.05, 3.63) is 0 Å². The Bertz CT molecular complexity index is 620. The zero-order valence-corrected chi connectivity index (χ0v) is 18.9. The Morgan fingerprint density at radius 3 is 2.41 bits per heavy atom. The maximum Gasteiger partial charge on any atom is 0.305 e. The molecule has 0 saturated heterocycles. The fourth-order valence-corrected chi connectivity index (χ4v) is 8.90. The number of carbonyl (C=O) groups is 1. The van der Waals surface area contributed by atoms with Crippen LogP contribution in [0.25, 0.3) is 0 Å². The summed E-state index contributed by atoms with van der Waals surface area (Å²) in [6.45, 7) is 7.28. The molecule has 0 amide bonds. The second-order valence-electron chi connectivity index (χ2n) is 11.5. The van der Waals surface area contributed by atoms with Crippen LogP contribution in [-0.4, -0.2) is 35.5 Å². The minimum Gasteiger partial charge on any atom is -0.469 e. The number of rotatable bonds is 4.